The molecule has 0 spiro atoms. The molecule has 1 aliphatic heterocycles. The average Bonchev–Trinajstić information content (AvgIpc) is 2.48. The van der Waals surface area contributed by atoms with E-state index >= 15 is 0 Å². The van der Waals surface area contributed by atoms with E-state index in [1.165, 1.54) is 0 Å². The van der Waals surface area contributed by atoms with Gasteiger partial charge in [0.15, 0.2) is 0 Å². The van der Waals surface area contributed by atoms with Crippen LogP contribution in [0.15, 0.2) is 54.6 Å². The molecule has 1 unspecified atom stereocenters. The monoisotopic (exact) mass is 277 g/mol. The molecule has 1 amide bonds. The van der Waals surface area contributed by atoms with Crippen LogP contribution >= 0.6 is 0 Å². The summed E-state index contributed by atoms with van der Waals surface area (Å²) in [7, 11) is 5.78. The van der Waals surface area contributed by atoms with Crippen molar-refractivity contribution in [2.45, 2.75) is 18.9 Å². The Labute approximate surface area is 125 Å². The summed E-state index contributed by atoms with van der Waals surface area (Å²) in [6.07, 6.45) is 0.399. The molecule has 0 N–H and O–H groups in total. The van der Waals surface area contributed by atoms with E-state index in [9.17, 15) is 4.79 Å². The fraction of sp³-hybridized carbons (Fsp3) is 0.235. The summed E-state index contributed by atoms with van der Waals surface area (Å²) < 4.78 is 5.71. The van der Waals surface area contributed by atoms with Crippen molar-refractivity contribution in [3.63, 3.8) is 0 Å². The number of hydrogen-bond acceptors (Lipinski definition) is 2. The van der Waals surface area contributed by atoms with Crippen molar-refractivity contribution in [1.29, 1.82) is 0 Å². The Kier molecular flexibility index (Phi) is 3.46. The van der Waals surface area contributed by atoms with E-state index < -0.39 is 5.60 Å². The molecule has 0 aliphatic carbocycles. The maximum Gasteiger partial charge on any atom is 0.415 e. The summed E-state index contributed by atoms with van der Waals surface area (Å²) in [5, 5.41) is 0. The Morgan fingerprint density at radius 3 is 2.57 bits per heavy atom. The van der Waals surface area contributed by atoms with Crippen molar-refractivity contribution >= 4 is 25.1 Å². The highest BCUT2D eigenvalue weighted by atomic mass is 16.6. The van der Waals surface area contributed by atoms with Gasteiger partial charge in [-0.25, -0.2) is 4.79 Å². The molecule has 4 heteroatoms. The molecule has 0 bridgehead atoms. The number of cyclic esters (lactones) is 1. The SMILES string of the molecule is [B]c1cccc(N2CCC(C)(c3ccccc3)OC2=O)c1. The molecule has 1 atom stereocenters. The number of benzene rings is 2. The molecule has 1 fully saturated rings. The molecule has 3 rings (SSSR count). The third-order valence-electron chi connectivity index (χ3n) is 3.91. The van der Waals surface area contributed by atoms with Crippen molar-refractivity contribution in [1.82, 2.24) is 0 Å². The highest BCUT2D eigenvalue weighted by Gasteiger charge is 2.38. The summed E-state index contributed by atoms with van der Waals surface area (Å²) in [4.78, 5) is 14.0. The predicted molar refractivity (Wildman–Crippen MR) is 84.1 cm³/mol. The number of carbonyl (C=O) groups excluding carboxylic acids is 1. The van der Waals surface area contributed by atoms with Crippen LogP contribution in [0.25, 0.3) is 0 Å². The first-order chi connectivity index (χ1) is 10.1. The normalized spacial score (nSPS) is 22.0. The van der Waals surface area contributed by atoms with Crippen LogP contribution in [0.5, 0.6) is 0 Å². The fourth-order valence-electron chi connectivity index (χ4n) is 2.64. The first-order valence-corrected chi connectivity index (χ1v) is 7.00. The Balaban J connectivity index is 1.83. The largest absolute Gasteiger partial charge is 0.438 e. The van der Waals surface area contributed by atoms with E-state index in [0.29, 0.717) is 12.0 Å². The maximum atomic E-state index is 12.4. The lowest BCUT2D eigenvalue weighted by Crippen LogP contribution is -2.46. The lowest BCUT2D eigenvalue weighted by atomic mass is 9.90. The predicted octanol–water partition coefficient (Wildman–Crippen LogP) is 2.74. The quantitative estimate of drug-likeness (QED) is 0.790. The summed E-state index contributed by atoms with van der Waals surface area (Å²) in [6, 6.07) is 17.1. The average molecular weight is 277 g/mol. The van der Waals surface area contributed by atoms with Crippen LogP contribution in [0.1, 0.15) is 18.9 Å². The van der Waals surface area contributed by atoms with E-state index in [2.05, 4.69) is 0 Å². The van der Waals surface area contributed by atoms with E-state index in [1.807, 2.05) is 49.4 Å². The Hall–Kier alpha value is -2.23. The minimum atomic E-state index is -0.574. The molecule has 0 aromatic heterocycles. The molecule has 21 heavy (non-hydrogen) atoms. The van der Waals surface area contributed by atoms with Crippen LogP contribution < -0.4 is 10.4 Å². The number of ether oxygens (including phenoxy) is 1. The van der Waals surface area contributed by atoms with Crippen molar-refractivity contribution in [3.05, 3.63) is 60.2 Å². The van der Waals surface area contributed by atoms with Gasteiger partial charge >= 0.3 is 6.09 Å². The number of hydrogen-bond donors (Lipinski definition) is 0. The van der Waals surface area contributed by atoms with E-state index in [-0.39, 0.29) is 6.09 Å². The van der Waals surface area contributed by atoms with Crippen LogP contribution in [0.2, 0.25) is 0 Å². The first-order valence-electron chi connectivity index (χ1n) is 7.00. The minimum Gasteiger partial charge on any atom is -0.438 e. The van der Waals surface area contributed by atoms with Gasteiger partial charge in [-0.15, -0.1) is 0 Å². The number of rotatable bonds is 2. The third-order valence-corrected chi connectivity index (χ3v) is 3.91. The maximum absolute atomic E-state index is 12.4. The molecular formula is C17H16BNO2. The van der Waals surface area contributed by atoms with Crippen LogP contribution in [0.3, 0.4) is 0 Å². The first kappa shape index (κ1) is 13.7. The number of carbonyl (C=O) groups is 1. The van der Waals surface area contributed by atoms with Gasteiger partial charge in [0.05, 0.1) is 0 Å². The van der Waals surface area contributed by atoms with Crippen LogP contribution in [-0.2, 0) is 10.3 Å². The van der Waals surface area contributed by atoms with Crippen molar-refractivity contribution < 1.29 is 9.53 Å². The highest BCUT2D eigenvalue weighted by Crippen LogP contribution is 2.34. The molecule has 1 heterocycles. The van der Waals surface area contributed by atoms with Crippen molar-refractivity contribution in [2.24, 2.45) is 0 Å². The summed E-state index contributed by atoms with van der Waals surface area (Å²) in [5.41, 5.74) is 1.85. The van der Waals surface area contributed by atoms with Gasteiger partial charge in [-0.1, -0.05) is 47.9 Å². The van der Waals surface area contributed by atoms with Crippen molar-refractivity contribution in [3.8, 4) is 0 Å². The number of amides is 1. The zero-order chi connectivity index (χ0) is 14.9. The second kappa shape index (κ2) is 5.28. The molecule has 1 aliphatic rings. The Morgan fingerprint density at radius 2 is 1.90 bits per heavy atom. The van der Waals surface area contributed by atoms with Gasteiger partial charge in [0.1, 0.15) is 13.4 Å². The van der Waals surface area contributed by atoms with Crippen LogP contribution in [0.4, 0.5) is 10.5 Å². The highest BCUT2D eigenvalue weighted by molar-refractivity contribution is 6.32. The third kappa shape index (κ3) is 2.66. The lowest BCUT2D eigenvalue weighted by molar-refractivity contribution is 0.00583. The second-order valence-electron chi connectivity index (χ2n) is 5.46. The zero-order valence-corrected chi connectivity index (χ0v) is 12.0. The molecular weight excluding hydrogens is 261 g/mol. The molecule has 1 saturated heterocycles. The summed E-state index contributed by atoms with van der Waals surface area (Å²) in [6.45, 7) is 2.56. The lowest BCUT2D eigenvalue weighted by Gasteiger charge is -2.39. The second-order valence-corrected chi connectivity index (χ2v) is 5.46. The standard InChI is InChI=1S/C17H16BNO2/c1-17(13-6-3-2-4-7-13)10-11-19(16(20)21-17)15-9-5-8-14(18)12-15/h2-9,12H,10-11H2,1H3. The van der Waals surface area contributed by atoms with Gasteiger partial charge in [0.2, 0.25) is 0 Å². The van der Waals surface area contributed by atoms with Crippen LogP contribution in [0, 0.1) is 0 Å². The van der Waals surface area contributed by atoms with Gasteiger partial charge in [0.25, 0.3) is 0 Å². The van der Waals surface area contributed by atoms with Gasteiger partial charge < -0.3 is 4.74 Å². The number of nitrogens with zero attached hydrogens (tertiary/aromatic N) is 1. The van der Waals surface area contributed by atoms with Gasteiger partial charge in [-0.05, 0) is 24.6 Å². The fourth-order valence-corrected chi connectivity index (χ4v) is 2.64. The number of anilines is 1. The molecule has 3 nitrogen and oxygen atoms in total. The van der Waals surface area contributed by atoms with E-state index in [4.69, 9.17) is 12.6 Å². The van der Waals surface area contributed by atoms with E-state index in [1.54, 1.807) is 17.0 Å². The molecule has 2 aromatic rings. The smallest absolute Gasteiger partial charge is 0.415 e. The molecule has 2 radical (unpaired) electrons. The minimum absolute atomic E-state index is 0.335. The molecule has 0 saturated carbocycles. The van der Waals surface area contributed by atoms with Crippen LogP contribution in [-0.4, -0.2) is 20.5 Å². The molecule has 2 aromatic carbocycles. The van der Waals surface area contributed by atoms with Gasteiger partial charge in [-0.2, -0.15) is 0 Å². The summed E-state index contributed by atoms with van der Waals surface area (Å²) >= 11 is 0. The Morgan fingerprint density at radius 1 is 1.14 bits per heavy atom. The van der Waals surface area contributed by atoms with Gasteiger partial charge in [0, 0.05) is 18.7 Å². The molecule has 104 valence electrons. The zero-order valence-electron chi connectivity index (χ0n) is 12.0. The Bertz CT molecular complexity index is 659. The topological polar surface area (TPSA) is 29.5 Å². The van der Waals surface area contributed by atoms with Crippen molar-refractivity contribution in [2.75, 3.05) is 11.4 Å². The van der Waals surface area contributed by atoms with Gasteiger partial charge in [-0.3, -0.25) is 4.90 Å². The van der Waals surface area contributed by atoms with E-state index in [0.717, 1.165) is 17.7 Å². The summed E-state index contributed by atoms with van der Waals surface area (Å²) in [5.74, 6) is 0.